The van der Waals surface area contributed by atoms with Gasteiger partial charge in [-0.3, -0.25) is 4.79 Å². The first-order chi connectivity index (χ1) is 12.6. The van der Waals surface area contributed by atoms with E-state index in [9.17, 15) is 4.79 Å². The molecule has 0 unspecified atom stereocenters. The first-order valence-electron chi connectivity index (χ1n) is 8.81. The molecule has 26 heavy (non-hydrogen) atoms. The van der Waals surface area contributed by atoms with Gasteiger partial charge in [0, 0.05) is 48.6 Å². The Morgan fingerprint density at radius 3 is 2.77 bits per heavy atom. The lowest BCUT2D eigenvalue weighted by atomic mass is 10.2. The van der Waals surface area contributed by atoms with Gasteiger partial charge < -0.3 is 14.5 Å². The Balaban J connectivity index is 1.57. The zero-order chi connectivity index (χ0) is 18.4. The first-order valence-corrected chi connectivity index (χ1v) is 8.81. The molecule has 2 heterocycles. The summed E-state index contributed by atoms with van der Waals surface area (Å²) >= 11 is 0. The van der Waals surface area contributed by atoms with Crippen molar-refractivity contribution in [3.8, 4) is 5.69 Å². The third-order valence-electron chi connectivity index (χ3n) is 4.35. The number of imidazole rings is 1. The predicted octanol–water partition coefficient (Wildman–Crippen LogP) is 3.51. The van der Waals surface area contributed by atoms with Crippen molar-refractivity contribution in [3.63, 3.8) is 0 Å². The van der Waals surface area contributed by atoms with Crippen LogP contribution >= 0.6 is 0 Å². The molecule has 0 fully saturated rings. The van der Waals surface area contributed by atoms with Crippen molar-refractivity contribution >= 4 is 12.0 Å². The summed E-state index contributed by atoms with van der Waals surface area (Å²) in [6, 6.07) is 12.3. The average Bonchev–Trinajstić information content (AvgIpc) is 3.25. The van der Waals surface area contributed by atoms with Crippen LogP contribution in [0.1, 0.15) is 23.4 Å². The van der Waals surface area contributed by atoms with E-state index in [0.717, 1.165) is 35.6 Å². The number of carbonyl (C=O) groups is 1. The fourth-order valence-electron chi connectivity index (χ4n) is 3.05. The second kappa shape index (κ2) is 8.34. The largest absolute Gasteiger partial charge is 0.352 e. The van der Waals surface area contributed by atoms with E-state index in [0.29, 0.717) is 6.54 Å². The summed E-state index contributed by atoms with van der Waals surface area (Å²) in [5.41, 5.74) is 4.46. The summed E-state index contributed by atoms with van der Waals surface area (Å²) < 4.78 is 4.20. The summed E-state index contributed by atoms with van der Waals surface area (Å²) in [5, 5.41) is 2.92. The maximum absolute atomic E-state index is 12.0. The summed E-state index contributed by atoms with van der Waals surface area (Å²) in [4.78, 5) is 16.0. The van der Waals surface area contributed by atoms with Gasteiger partial charge in [0.2, 0.25) is 5.91 Å². The molecule has 0 radical (unpaired) electrons. The number of aromatic nitrogens is 3. The monoisotopic (exact) mass is 348 g/mol. The van der Waals surface area contributed by atoms with Crippen LogP contribution in [0.25, 0.3) is 11.8 Å². The van der Waals surface area contributed by atoms with Crippen molar-refractivity contribution in [1.82, 2.24) is 19.4 Å². The smallest absolute Gasteiger partial charge is 0.244 e. The maximum atomic E-state index is 12.0. The Kier molecular flexibility index (Phi) is 5.69. The van der Waals surface area contributed by atoms with Crippen molar-refractivity contribution in [2.24, 2.45) is 0 Å². The fraction of sp³-hybridized carbons (Fsp3) is 0.238. The number of hydrogen-bond acceptors (Lipinski definition) is 2. The Labute approximate surface area is 154 Å². The van der Waals surface area contributed by atoms with Crippen LogP contribution in [0.5, 0.6) is 0 Å². The molecular weight excluding hydrogens is 324 g/mol. The molecule has 0 bridgehead atoms. The number of carbonyl (C=O) groups excluding carboxylic acids is 1. The van der Waals surface area contributed by atoms with Crippen LogP contribution in [0, 0.1) is 13.8 Å². The van der Waals surface area contributed by atoms with Crippen LogP contribution in [-0.2, 0) is 11.3 Å². The number of benzene rings is 1. The fourth-order valence-corrected chi connectivity index (χ4v) is 3.05. The van der Waals surface area contributed by atoms with E-state index < -0.39 is 0 Å². The van der Waals surface area contributed by atoms with Gasteiger partial charge in [0.25, 0.3) is 0 Å². The van der Waals surface area contributed by atoms with Crippen LogP contribution in [0.3, 0.4) is 0 Å². The minimum atomic E-state index is -0.0693. The van der Waals surface area contributed by atoms with E-state index in [-0.39, 0.29) is 5.91 Å². The molecule has 0 aliphatic rings. The van der Waals surface area contributed by atoms with Gasteiger partial charge in [-0.1, -0.05) is 18.2 Å². The zero-order valence-electron chi connectivity index (χ0n) is 15.2. The van der Waals surface area contributed by atoms with Gasteiger partial charge in [0.15, 0.2) is 0 Å². The Morgan fingerprint density at radius 2 is 2.04 bits per heavy atom. The molecule has 5 nitrogen and oxygen atoms in total. The zero-order valence-corrected chi connectivity index (χ0v) is 15.2. The van der Waals surface area contributed by atoms with Crippen LogP contribution in [0.2, 0.25) is 0 Å². The molecular formula is C21H24N4O. The number of nitrogens with one attached hydrogen (secondary N) is 1. The van der Waals surface area contributed by atoms with E-state index in [4.69, 9.17) is 0 Å². The molecule has 1 amide bonds. The highest BCUT2D eigenvalue weighted by Gasteiger charge is 2.08. The highest BCUT2D eigenvalue weighted by molar-refractivity contribution is 5.91. The van der Waals surface area contributed by atoms with Crippen LogP contribution in [0.15, 0.2) is 61.2 Å². The minimum absolute atomic E-state index is 0.0693. The lowest BCUT2D eigenvalue weighted by Gasteiger charge is -2.09. The Morgan fingerprint density at radius 1 is 1.23 bits per heavy atom. The quantitative estimate of drug-likeness (QED) is 0.525. The highest BCUT2D eigenvalue weighted by atomic mass is 16.1. The lowest BCUT2D eigenvalue weighted by molar-refractivity contribution is -0.116. The minimum Gasteiger partial charge on any atom is -0.352 e. The van der Waals surface area contributed by atoms with Gasteiger partial charge in [0.1, 0.15) is 0 Å². The van der Waals surface area contributed by atoms with Crippen molar-refractivity contribution in [2.75, 3.05) is 6.54 Å². The van der Waals surface area contributed by atoms with Crippen LogP contribution < -0.4 is 5.32 Å². The van der Waals surface area contributed by atoms with Gasteiger partial charge in [0.05, 0.1) is 6.33 Å². The summed E-state index contributed by atoms with van der Waals surface area (Å²) in [7, 11) is 0. The van der Waals surface area contributed by atoms with Gasteiger partial charge in [-0.2, -0.15) is 0 Å². The average molecular weight is 348 g/mol. The van der Waals surface area contributed by atoms with E-state index in [1.807, 2.05) is 35.0 Å². The molecule has 3 aromatic rings. The van der Waals surface area contributed by atoms with Crippen molar-refractivity contribution in [3.05, 3.63) is 78.1 Å². The molecule has 0 saturated heterocycles. The van der Waals surface area contributed by atoms with Gasteiger partial charge >= 0.3 is 0 Å². The third kappa shape index (κ3) is 4.30. The molecule has 5 heteroatoms. The van der Waals surface area contributed by atoms with Crippen molar-refractivity contribution < 1.29 is 4.79 Å². The molecule has 0 aliphatic heterocycles. The van der Waals surface area contributed by atoms with Crippen LogP contribution in [-0.4, -0.2) is 26.6 Å². The van der Waals surface area contributed by atoms with E-state index >= 15 is 0 Å². The van der Waals surface area contributed by atoms with E-state index in [2.05, 4.69) is 46.9 Å². The van der Waals surface area contributed by atoms with E-state index in [1.54, 1.807) is 18.6 Å². The molecule has 1 N–H and O–H groups in total. The Hall–Kier alpha value is -3.08. The number of rotatable bonds is 7. The van der Waals surface area contributed by atoms with E-state index in [1.165, 1.54) is 0 Å². The number of amides is 1. The molecule has 0 atom stereocenters. The highest BCUT2D eigenvalue weighted by Crippen LogP contribution is 2.21. The molecule has 0 aliphatic carbocycles. The molecule has 1 aromatic carbocycles. The molecule has 3 rings (SSSR count). The molecule has 0 saturated carbocycles. The second-order valence-corrected chi connectivity index (χ2v) is 6.28. The molecule has 0 spiro atoms. The van der Waals surface area contributed by atoms with Crippen LogP contribution in [0.4, 0.5) is 0 Å². The maximum Gasteiger partial charge on any atom is 0.244 e. The summed E-state index contributed by atoms with van der Waals surface area (Å²) in [5.74, 6) is -0.0693. The molecule has 134 valence electrons. The standard InChI is InChI=1S/C21H24N4O/c1-17-15-19(18(2)25(17)20-7-4-3-5-8-20)9-10-21(26)23-11-6-13-24-14-12-22-16-24/h3-5,7-10,12,14-16H,6,11,13H2,1-2H3,(H,23,26). The topological polar surface area (TPSA) is 51.9 Å². The van der Waals surface area contributed by atoms with Crippen molar-refractivity contribution in [1.29, 1.82) is 0 Å². The van der Waals surface area contributed by atoms with Gasteiger partial charge in [-0.05, 0) is 50.1 Å². The summed E-state index contributed by atoms with van der Waals surface area (Å²) in [6.07, 6.45) is 9.82. The van der Waals surface area contributed by atoms with Gasteiger partial charge in [-0.15, -0.1) is 0 Å². The first kappa shape index (κ1) is 17.7. The summed E-state index contributed by atoms with van der Waals surface area (Å²) in [6.45, 7) is 5.64. The van der Waals surface area contributed by atoms with Gasteiger partial charge in [-0.25, -0.2) is 4.98 Å². The SMILES string of the molecule is Cc1cc(C=CC(=O)NCCCn2ccnc2)c(C)n1-c1ccccc1. The predicted molar refractivity (Wildman–Crippen MR) is 104 cm³/mol. The number of hydrogen-bond donors (Lipinski definition) is 1. The number of para-hydroxylation sites is 1. The van der Waals surface area contributed by atoms with Crippen molar-refractivity contribution in [2.45, 2.75) is 26.8 Å². The number of nitrogens with zero attached hydrogens (tertiary/aromatic N) is 3. The molecule has 2 aromatic heterocycles. The third-order valence-corrected chi connectivity index (χ3v) is 4.35. The Bertz CT molecular complexity index is 876. The second-order valence-electron chi connectivity index (χ2n) is 6.28. The number of aryl methyl sites for hydroxylation is 2. The lowest BCUT2D eigenvalue weighted by Crippen LogP contribution is -2.22. The normalized spacial score (nSPS) is 11.2.